The molecule has 1 spiro atoms. The minimum absolute atomic E-state index is 0.141. The first-order chi connectivity index (χ1) is 7.35. The number of rotatable bonds is 3. The van der Waals surface area contributed by atoms with Crippen molar-refractivity contribution >= 4 is 0 Å². The van der Waals surface area contributed by atoms with Gasteiger partial charge < -0.3 is 19.7 Å². The van der Waals surface area contributed by atoms with E-state index in [9.17, 15) is 0 Å². The van der Waals surface area contributed by atoms with Crippen LogP contribution in [0.15, 0.2) is 0 Å². The molecule has 0 unspecified atom stereocenters. The van der Waals surface area contributed by atoms with Crippen molar-refractivity contribution in [3.8, 4) is 0 Å². The van der Waals surface area contributed by atoms with Crippen LogP contribution in [0.4, 0.5) is 0 Å². The monoisotopic (exact) mass is 214 g/mol. The van der Waals surface area contributed by atoms with Crippen molar-refractivity contribution in [3.05, 3.63) is 0 Å². The Hall–Kier alpha value is -0.160. The Bertz CT molecular complexity index is 183. The third-order valence-electron chi connectivity index (χ3n) is 3.51. The number of hydrogen-bond acceptors (Lipinski definition) is 4. The van der Waals surface area contributed by atoms with Crippen LogP contribution >= 0.6 is 0 Å². The van der Waals surface area contributed by atoms with Crippen molar-refractivity contribution in [3.63, 3.8) is 0 Å². The zero-order valence-electron chi connectivity index (χ0n) is 9.63. The van der Waals surface area contributed by atoms with E-state index in [1.807, 2.05) is 0 Å². The predicted molar refractivity (Wildman–Crippen MR) is 59.1 cm³/mol. The highest BCUT2D eigenvalue weighted by Crippen LogP contribution is 2.27. The van der Waals surface area contributed by atoms with Crippen LogP contribution in [0.25, 0.3) is 0 Å². The first-order valence-electron chi connectivity index (χ1n) is 5.91. The summed E-state index contributed by atoms with van der Waals surface area (Å²) in [6.07, 6.45) is 2.31. The van der Waals surface area contributed by atoms with Crippen LogP contribution < -0.4 is 5.32 Å². The van der Waals surface area contributed by atoms with E-state index in [-0.39, 0.29) is 5.60 Å². The van der Waals surface area contributed by atoms with Crippen LogP contribution in [0.5, 0.6) is 0 Å². The van der Waals surface area contributed by atoms with Crippen molar-refractivity contribution in [2.24, 2.45) is 0 Å². The largest absolute Gasteiger partial charge is 0.383 e. The molecule has 0 aromatic heterocycles. The van der Waals surface area contributed by atoms with Crippen LogP contribution in [0.3, 0.4) is 0 Å². The zero-order valence-corrected chi connectivity index (χ0v) is 9.63. The fourth-order valence-corrected chi connectivity index (χ4v) is 2.43. The third-order valence-corrected chi connectivity index (χ3v) is 3.51. The van der Waals surface area contributed by atoms with E-state index in [1.165, 1.54) is 0 Å². The molecule has 0 amide bonds. The Morgan fingerprint density at radius 1 is 1.40 bits per heavy atom. The van der Waals surface area contributed by atoms with Crippen molar-refractivity contribution in [1.82, 2.24) is 10.2 Å². The summed E-state index contributed by atoms with van der Waals surface area (Å²) < 4.78 is 11.0. The quantitative estimate of drug-likeness (QED) is 0.722. The summed E-state index contributed by atoms with van der Waals surface area (Å²) in [7, 11) is 1.76. The minimum atomic E-state index is 0.141. The SMILES string of the molecule is COCCN1CCC2(CC1)CNCCO2. The topological polar surface area (TPSA) is 33.7 Å². The lowest BCUT2D eigenvalue weighted by Crippen LogP contribution is -2.55. The number of hydrogen-bond donors (Lipinski definition) is 1. The molecule has 0 radical (unpaired) electrons. The van der Waals surface area contributed by atoms with Gasteiger partial charge in [0.05, 0.1) is 18.8 Å². The summed E-state index contributed by atoms with van der Waals surface area (Å²) in [5.41, 5.74) is 0.141. The molecule has 0 aromatic carbocycles. The molecule has 88 valence electrons. The minimum Gasteiger partial charge on any atom is -0.383 e. The molecule has 4 nitrogen and oxygen atoms in total. The molecular weight excluding hydrogens is 192 g/mol. The van der Waals surface area contributed by atoms with Gasteiger partial charge in [-0.1, -0.05) is 0 Å². The van der Waals surface area contributed by atoms with Crippen molar-refractivity contribution in [2.75, 3.05) is 53.0 Å². The number of nitrogens with one attached hydrogen (secondary N) is 1. The molecule has 0 aliphatic carbocycles. The van der Waals surface area contributed by atoms with Gasteiger partial charge in [-0.05, 0) is 12.8 Å². The summed E-state index contributed by atoms with van der Waals surface area (Å²) in [6.45, 7) is 7.10. The molecule has 15 heavy (non-hydrogen) atoms. The lowest BCUT2D eigenvalue weighted by molar-refractivity contribution is -0.101. The highest BCUT2D eigenvalue weighted by molar-refractivity contribution is 4.91. The van der Waals surface area contributed by atoms with Crippen LogP contribution in [0.2, 0.25) is 0 Å². The maximum atomic E-state index is 5.94. The third kappa shape index (κ3) is 2.91. The van der Waals surface area contributed by atoms with Crippen molar-refractivity contribution in [2.45, 2.75) is 18.4 Å². The van der Waals surface area contributed by atoms with Gasteiger partial charge in [0.15, 0.2) is 0 Å². The van der Waals surface area contributed by atoms with E-state index in [1.54, 1.807) is 7.11 Å². The molecule has 0 aromatic rings. The molecule has 2 aliphatic heterocycles. The standard InChI is InChI=1S/C11H22N2O2/c1-14-9-7-13-5-2-11(3-6-13)10-12-4-8-15-11/h12H,2-10H2,1H3. The lowest BCUT2D eigenvalue weighted by atomic mass is 9.90. The lowest BCUT2D eigenvalue weighted by Gasteiger charge is -2.44. The molecule has 2 rings (SSSR count). The molecule has 1 N–H and O–H groups in total. The van der Waals surface area contributed by atoms with E-state index >= 15 is 0 Å². The van der Waals surface area contributed by atoms with Crippen LogP contribution in [0.1, 0.15) is 12.8 Å². The van der Waals surface area contributed by atoms with Crippen LogP contribution in [0, 0.1) is 0 Å². The van der Waals surface area contributed by atoms with Crippen molar-refractivity contribution < 1.29 is 9.47 Å². The summed E-state index contributed by atoms with van der Waals surface area (Å²) >= 11 is 0. The number of morpholine rings is 1. The van der Waals surface area contributed by atoms with E-state index in [0.717, 1.165) is 58.8 Å². The van der Waals surface area contributed by atoms with Gasteiger partial charge in [-0.2, -0.15) is 0 Å². The van der Waals surface area contributed by atoms with Gasteiger partial charge in [0, 0.05) is 39.8 Å². The highest BCUT2D eigenvalue weighted by Gasteiger charge is 2.36. The fourth-order valence-electron chi connectivity index (χ4n) is 2.43. The van der Waals surface area contributed by atoms with E-state index in [0.29, 0.717) is 0 Å². The number of likely N-dealkylation sites (tertiary alicyclic amines) is 1. The average molecular weight is 214 g/mol. The summed E-state index contributed by atoms with van der Waals surface area (Å²) in [5, 5.41) is 3.44. The smallest absolute Gasteiger partial charge is 0.0831 e. The predicted octanol–water partition coefficient (Wildman–Crippen LogP) is 0.0872. The van der Waals surface area contributed by atoms with Gasteiger partial charge in [-0.25, -0.2) is 0 Å². The van der Waals surface area contributed by atoms with Gasteiger partial charge in [0.1, 0.15) is 0 Å². The first kappa shape index (κ1) is 11.3. The van der Waals surface area contributed by atoms with Gasteiger partial charge in [-0.15, -0.1) is 0 Å². The molecule has 0 bridgehead atoms. The Morgan fingerprint density at radius 2 is 2.20 bits per heavy atom. The Kier molecular flexibility index (Phi) is 3.97. The second kappa shape index (κ2) is 5.25. The molecule has 2 aliphatic rings. The Morgan fingerprint density at radius 3 is 2.80 bits per heavy atom. The highest BCUT2D eigenvalue weighted by atomic mass is 16.5. The maximum absolute atomic E-state index is 5.94. The van der Waals surface area contributed by atoms with E-state index in [4.69, 9.17) is 9.47 Å². The van der Waals surface area contributed by atoms with Crippen LogP contribution in [-0.4, -0.2) is 63.5 Å². The molecular formula is C11H22N2O2. The molecule has 2 fully saturated rings. The molecule has 2 saturated heterocycles. The second-order valence-corrected chi connectivity index (χ2v) is 4.54. The Labute approximate surface area is 91.9 Å². The first-order valence-corrected chi connectivity index (χ1v) is 5.91. The maximum Gasteiger partial charge on any atom is 0.0831 e. The van der Waals surface area contributed by atoms with Crippen molar-refractivity contribution in [1.29, 1.82) is 0 Å². The Balaban J connectivity index is 1.75. The van der Waals surface area contributed by atoms with Gasteiger partial charge in [0.25, 0.3) is 0 Å². The van der Waals surface area contributed by atoms with Crippen LogP contribution in [-0.2, 0) is 9.47 Å². The number of nitrogens with zero attached hydrogens (tertiary/aromatic N) is 1. The van der Waals surface area contributed by atoms with Gasteiger partial charge in [0.2, 0.25) is 0 Å². The molecule has 0 atom stereocenters. The molecule has 2 heterocycles. The van der Waals surface area contributed by atoms with Gasteiger partial charge in [-0.3, -0.25) is 0 Å². The fraction of sp³-hybridized carbons (Fsp3) is 1.00. The summed E-state index contributed by atoms with van der Waals surface area (Å²) in [5.74, 6) is 0. The number of ether oxygens (including phenoxy) is 2. The van der Waals surface area contributed by atoms with E-state index in [2.05, 4.69) is 10.2 Å². The summed E-state index contributed by atoms with van der Waals surface area (Å²) in [6, 6.07) is 0. The van der Waals surface area contributed by atoms with E-state index < -0.39 is 0 Å². The molecule has 4 heteroatoms. The second-order valence-electron chi connectivity index (χ2n) is 4.54. The zero-order chi connectivity index (χ0) is 10.6. The molecule has 0 saturated carbocycles. The number of piperidine rings is 1. The summed E-state index contributed by atoms with van der Waals surface area (Å²) in [4.78, 5) is 2.46. The normalized spacial score (nSPS) is 27.0. The van der Waals surface area contributed by atoms with Gasteiger partial charge >= 0.3 is 0 Å². The number of methoxy groups -OCH3 is 1. The average Bonchev–Trinajstić information content (AvgIpc) is 2.30.